The first-order valence-electron chi connectivity index (χ1n) is 8.30. The number of hydrogen-bond donors (Lipinski definition) is 2. The number of rotatable bonds is 2. The molecule has 0 saturated heterocycles. The van der Waals surface area contributed by atoms with Gasteiger partial charge in [0.15, 0.2) is 5.96 Å². The molecule has 0 bridgehead atoms. The molecule has 1 amide bonds. The van der Waals surface area contributed by atoms with E-state index in [1.807, 2.05) is 31.3 Å². The SMILES string of the molecule is Cc1nc2c(cc1C(=O)N=C(N)N)CCCCC2=Cc1cccnc1. The maximum Gasteiger partial charge on any atom is 0.282 e. The van der Waals surface area contributed by atoms with Gasteiger partial charge in [-0.05, 0) is 67.5 Å². The largest absolute Gasteiger partial charge is 0.370 e. The Labute approximate surface area is 146 Å². The molecule has 0 radical (unpaired) electrons. The Morgan fingerprint density at radius 1 is 1.28 bits per heavy atom. The van der Waals surface area contributed by atoms with Gasteiger partial charge in [-0.1, -0.05) is 6.07 Å². The Balaban J connectivity index is 2.07. The Kier molecular flexibility index (Phi) is 4.88. The standard InChI is InChI=1S/C19H21N5O/c1-12-16(18(25)24-19(20)21)10-15-7-3-2-6-14(17(15)23-12)9-13-5-4-8-22-11-13/h4-5,8-11H,2-3,6-7H2,1H3,(H4,20,21,24,25). The number of carbonyl (C=O) groups is 1. The van der Waals surface area contributed by atoms with Gasteiger partial charge in [0.1, 0.15) is 0 Å². The lowest BCUT2D eigenvalue weighted by molar-refractivity contribution is 0.100. The maximum atomic E-state index is 12.2. The highest BCUT2D eigenvalue weighted by Crippen LogP contribution is 2.31. The normalized spacial score (nSPS) is 15.3. The van der Waals surface area contributed by atoms with Crippen molar-refractivity contribution in [1.82, 2.24) is 9.97 Å². The van der Waals surface area contributed by atoms with Gasteiger partial charge in [0, 0.05) is 12.4 Å². The molecule has 6 heteroatoms. The van der Waals surface area contributed by atoms with Crippen LogP contribution in [0.5, 0.6) is 0 Å². The molecule has 0 saturated carbocycles. The maximum absolute atomic E-state index is 12.2. The quantitative estimate of drug-likeness (QED) is 0.498. The van der Waals surface area contributed by atoms with E-state index in [4.69, 9.17) is 16.5 Å². The minimum atomic E-state index is -0.449. The minimum Gasteiger partial charge on any atom is -0.370 e. The van der Waals surface area contributed by atoms with Crippen LogP contribution in [0.15, 0.2) is 35.6 Å². The summed E-state index contributed by atoms with van der Waals surface area (Å²) >= 11 is 0. The van der Waals surface area contributed by atoms with Crippen LogP contribution in [-0.4, -0.2) is 21.8 Å². The second-order valence-electron chi connectivity index (χ2n) is 6.13. The number of aryl methyl sites for hydroxylation is 2. The number of nitrogens with zero attached hydrogens (tertiary/aromatic N) is 3. The minimum absolute atomic E-state index is 0.239. The summed E-state index contributed by atoms with van der Waals surface area (Å²) in [6.07, 6.45) is 9.69. The Bertz CT molecular complexity index is 852. The van der Waals surface area contributed by atoms with Crippen molar-refractivity contribution in [1.29, 1.82) is 0 Å². The first-order chi connectivity index (χ1) is 12.0. The second-order valence-corrected chi connectivity index (χ2v) is 6.13. The van der Waals surface area contributed by atoms with Gasteiger partial charge in [0.2, 0.25) is 0 Å². The fourth-order valence-electron chi connectivity index (χ4n) is 3.06. The van der Waals surface area contributed by atoms with Crippen LogP contribution >= 0.6 is 0 Å². The molecule has 0 aliphatic heterocycles. The first kappa shape index (κ1) is 16.8. The van der Waals surface area contributed by atoms with Crippen LogP contribution in [0.1, 0.15) is 52.1 Å². The molecular weight excluding hydrogens is 314 g/mol. The van der Waals surface area contributed by atoms with Gasteiger partial charge in [-0.3, -0.25) is 14.8 Å². The van der Waals surface area contributed by atoms with Crippen molar-refractivity contribution in [3.05, 3.63) is 58.7 Å². The molecule has 3 rings (SSSR count). The summed E-state index contributed by atoms with van der Waals surface area (Å²) in [5, 5.41) is 0. The monoisotopic (exact) mass is 335 g/mol. The van der Waals surface area contributed by atoms with Crippen LogP contribution in [0, 0.1) is 6.92 Å². The molecule has 2 aromatic heterocycles. The van der Waals surface area contributed by atoms with Crippen molar-refractivity contribution < 1.29 is 4.79 Å². The zero-order valence-electron chi connectivity index (χ0n) is 14.2. The predicted molar refractivity (Wildman–Crippen MR) is 98.8 cm³/mol. The number of carbonyl (C=O) groups excluding carboxylic acids is 1. The highest BCUT2D eigenvalue weighted by Gasteiger charge is 2.19. The van der Waals surface area contributed by atoms with E-state index >= 15 is 0 Å². The fourth-order valence-corrected chi connectivity index (χ4v) is 3.06. The lowest BCUT2D eigenvalue weighted by Gasteiger charge is -2.12. The second kappa shape index (κ2) is 7.25. The van der Waals surface area contributed by atoms with E-state index in [1.165, 1.54) is 5.57 Å². The van der Waals surface area contributed by atoms with E-state index in [1.54, 1.807) is 6.20 Å². The lowest BCUT2D eigenvalue weighted by atomic mass is 9.99. The number of guanidine groups is 1. The zero-order chi connectivity index (χ0) is 17.8. The lowest BCUT2D eigenvalue weighted by Crippen LogP contribution is -2.24. The Morgan fingerprint density at radius 2 is 2.08 bits per heavy atom. The third-order valence-electron chi connectivity index (χ3n) is 4.22. The van der Waals surface area contributed by atoms with Gasteiger partial charge in [-0.2, -0.15) is 4.99 Å². The van der Waals surface area contributed by atoms with Crippen molar-refractivity contribution in [3.63, 3.8) is 0 Å². The molecular formula is C19H21N5O. The predicted octanol–water partition coefficient (Wildman–Crippen LogP) is 2.47. The highest BCUT2D eigenvalue weighted by atomic mass is 16.1. The van der Waals surface area contributed by atoms with Crippen molar-refractivity contribution in [2.75, 3.05) is 0 Å². The van der Waals surface area contributed by atoms with E-state index < -0.39 is 5.91 Å². The molecule has 0 aromatic carbocycles. The van der Waals surface area contributed by atoms with Crippen molar-refractivity contribution in [2.24, 2.45) is 16.5 Å². The van der Waals surface area contributed by atoms with E-state index in [2.05, 4.69) is 16.1 Å². The average molecular weight is 335 g/mol. The van der Waals surface area contributed by atoms with Crippen molar-refractivity contribution >= 4 is 23.5 Å². The summed E-state index contributed by atoms with van der Waals surface area (Å²) < 4.78 is 0. The smallest absolute Gasteiger partial charge is 0.282 e. The Hall–Kier alpha value is -3.02. The summed E-state index contributed by atoms with van der Waals surface area (Å²) in [6, 6.07) is 5.82. The topological polar surface area (TPSA) is 107 Å². The number of amides is 1. The molecule has 1 aliphatic carbocycles. The number of aliphatic imine (C=N–C) groups is 1. The molecule has 2 aromatic rings. The van der Waals surface area contributed by atoms with Gasteiger partial charge < -0.3 is 11.5 Å². The van der Waals surface area contributed by atoms with E-state index in [0.717, 1.165) is 42.5 Å². The third-order valence-corrected chi connectivity index (χ3v) is 4.22. The van der Waals surface area contributed by atoms with Crippen LogP contribution in [0.3, 0.4) is 0 Å². The fraction of sp³-hybridized carbons (Fsp3) is 0.263. The summed E-state index contributed by atoms with van der Waals surface area (Å²) in [7, 11) is 0. The number of allylic oxidation sites excluding steroid dienone is 1. The van der Waals surface area contributed by atoms with Crippen molar-refractivity contribution in [2.45, 2.75) is 32.6 Å². The zero-order valence-corrected chi connectivity index (χ0v) is 14.2. The summed E-state index contributed by atoms with van der Waals surface area (Å²) in [6.45, 7) is 1.81. The van der Waals surface area contributed by atoms with E-state index in [0.29, 0.717) is 11.3 Å². The third kappa shape index (κ3) is 3.91. The number of aromatic nitrogens is 2. The van der Waals surface area contributed by atoms with Crippen LogP contribution in [0.2, 0.25) is 0 Å². The van der Waals surface area contributed by atoms with Gasteiger partial charge in [-0.15, -0.1) is 0 Å². The van der Waals surface area contributed by atoms with Gasteiger partial charge in [-0.25, -0.2) is 0 Å². The number of fused-ring (bicyclic) bond motifs is 1. The number of nitrogens with two attached hydrogens (primary N) is 2. The van der Waals surface area contributed by atoms with Gasteiger partial charge in [0.25, 0.3) is 5.91 Å². The summed E-state index contributed by atoms with van der Waals surface area (Å²) in [5.41, 5.74) is 16.0. The molecule has 128 valence electrons. The van der Waals surface area contributed by atoms with Crippen LogP contribution in [-0.2, 0) is 6.42 Å². The number of hydrogen-bond acceptors (Lipinski definition) is 3. The molecule has 25 heavy (non-hydrogen) atoms. The summed E-state index contributed by atoms with van der Waals surface area (Å²) in [5.74, 6) is -0.689. The highest BCUT2D eigenvalue weighted by molar-refractivity contribution is 6.03. The molecule has 4 N–H and O–H groups in total. The van der Waals surface area contributed by atoms with Crippen LogP contribution < -0.4 is 11.5 Å². The van der Waals surface area contributed by atoms with Gasteiger partial charge >= 0.3 is 0 Å². The summed E-state index contributed by atoms with van der Waals surface area (Å²) in [4.78, 5) is 24.7. The molecule has 6 nitrogen and oxygen atoms in total. The molecule has 0 atom stereocenters. The number of pyridine rings is 2. The van der Waals surface area contributed by atoms with E-state index in [9.17, 15) is 4.79 Å². The molecule has 0 fully saturated rings. The first-order valence-corrected chi connectivity index (χ1v) is 8.30. The van der Waals surface area contributed by atoms with Crippen molar-refractivity contribution in [3.8, 4) is 0 Å². The molecule has 0 unspecified atom stereocenters. The average Bonchev–Trinajstić information content (AvgIpc) is 2.77. The van der Waals surface area contributed by atoms with E-state index in [-0.39, 0.29) is 5.96 Å². The van der Waals surface area contributed by atoms with Crippen LogP contribution in [0.25, 0.3) is 11.6 Å². The van der Waals surface area contributed by atoms with Crippen LogP contribution in [0.4, 0.5) is 0 Å². The molecule has 1 aliphatic rings. The van der Waals surface area contributed by atoms with Gasteiger partial charge in [0.05, 0.1) is 17.0 Å². The molecule has 0 spiro atoms. The Morgan fingerprint density at radius 3 is 2.80 bits per heavy atom. The molecule has 2 heterocycles.